The summed E-state index contributed by atoms with van der Waals surface area (Å²) in [5, 5.41) is 3.81. The minimum absolute atomic E-state index is 0.316. The largest absolute Gasteiger partial charge is 0.309 e. The van der Waals surface area contributed by atoms with Gasteiger partial charge in [0.05, 0.1) is 0 Å². The molecule has 0 amide bonds. The van der Waals surface area contributed by atoms with Gasteiger partial charge in [0.25, 0.3) is 0 Å². The molecule has 2 fully saturated rings. The second-order valence-corrected chi connectivity index (χ2v) is 7.76. The molecule has 1 aliphatic heterocycles. The second kappa shape index (κ2) is 5.73. The Bertz CT molecular complexity index is 302. The van der Waals surface area contributed by atoms with E-state index in [4.69, 9.17) is 0 Å². The molecule has 0 spiro atoms. The van der Waals surface area contributed by atoms with E-state index in [2.05, 4.69) is 51.8 Å². The summed E-state index contributed by atoms with van der Waals surface area (Å²) in [4.78, 5) is 2.87. The molecule has 0 aromatic carbocycles. The summed E-state index contributed by atoms with van der Waals surface area (Å²) < 4.78 is 0. The summed E-state index contributed by atoms with van der Waals surface area (Å²) in [6, 6.07) is 1.53. The van der Waals surface area contributed by atoms with Gasteiger partial charge in [-0.15, -0.1) is 0 Å². The summed E-state index contributed by atoms with van der Waals surface area (Å²) in [6.07, 6.45) is 4.06. The van der Waals surface area contributed by atoms with Gasteiger partial charge in [0.2, 0.25) is 0 Å². The molecular formula is C17H34N2. The van der Waals surface area contributed by atoms with Crippen LogP contribution in [0.4, 0.5) is 0 Å². The van der Waals surface area contributed by atoms with Gasteiger partial charge in [-0.25, -0.2) is 0 Å². The van der Waals surface area contributed by atoms with Gasteiger partial charge in [0, 0.05) is 30.7 Å². The molecule has 5 unspecified atom stereocenters. The molecule has 0 bridgehead atoms. The van der Waals surface area contributed by atoms with Gasteiger partial charge in [0.1, 0.15) is 0 Å². The summed E-state index contributed by atoms with van der Waals surface area (Å²) in [6.45, 7) is 16.8. The molecule has 1 heterocycles. The van der Waals surface area contributed by atoms with E-state index in [1.165, 1.54) is 32.4 Å². The Morgan fingerprint density at radius 1 is 1.26 bits per heavy atom. The van der Waals surface area contributed by atoms with Gasteiger partial charge in [-0.2, -0.15) is 0 Å². The van der Waals surface area contributed by atoms with Crippen LogP contribution in [0.3, 0.4) is 0 Å². The van der Waals surface area contributed by atoms with Gasteiger partial charge in [-0.1, -0.05) is 34.6 Å². The van der Waals surface area contributed by atoms with Gasteiger partial charge < -0.3 is 5.32 Å². The lowest BCUT2D eigenvalue weighted by Crippen LogP contribution is -2.66. The third kappa shape index (κ3) is 3.00. The maximum absolute atomic E-state index is 3.81. The van der Waals surface area contributed by atoms with Gasteiger partial charge in [-0.05, 0) is 43.9 Å². The molecule has 1 saturated carbocycles. The van der Waals surface area contributed by atoms with E-state index in [0.717, 1.165) is 29.8 Å². The van der Waals surface area contributed by atoms with Crippen LogP contribution < -0.4 is 5.32 Å². The Morgan fingerprint density at radius 3 is 2.42 bits per heavy atom. The highest BCUT2D eigenvalue weighted by molar-refractivity contribution is 5.00. The Morgan fingerprint density at radius 2 is 1.95 bits per heavy atom. The number of hydrogen-bond acceptors (Lipinski definition) is 2. The molecule has 2 rings (SSSR count). The Hall–Kier alpha value is -0.0800. The van der Waals surface area contributed by atoms with Crippen molar-refractivity contribution in [3.8, 4) is 0 Å². The lowest BCUT2D eigenvalue weighted by Gasteiger charge is -2.51. The van der Waals surface area contributed by atoms with Crippen LogP contribution in [0.5, 0.6) is 0 Å². The Labute approximate surface area is 120 Å². The van der Waals surface area contributed by atoms with E-state index < -0.39 is 0 Å². The van der Waals surface area contributed by atoms with Gasteiger partial charge in [0.15, 0.2) is 0 Å². The molecule has 2 nitrogen and oxygen atoms in total. The first-order valence-electron chi connectivity index (χ1n) is 8.38. The fourth-order valence-corrected chi connectivity index (χ4v) is 4.07. The fourth-order valence-electron chi connectivity index (χ4n) is 4.07. The maximum atomic E-state index is 3.81. The van der Waals surface area contributed by atoms with Crippen LogP contribution in [-0.4, -0.2) is 35.6 Å². The molecule has 2 heteroatoms. The molecule has 1 saturated heterocycles. The SMILES string of the molecule is CCC1(C)CN(C2CCC(C)C2C)C(C(C)C)CN1. The van der Waals surface area contributed by atoms with Crippen molar-refractivity contribution in [3.63, 3.8) is 0 Å². The molecule has 19 heavy (non-hydrogen) atoms. The second-order valence-electron chi connectivity index (χ2n) is 7.76. The summed E-state index contributed by atoms with van der Waals surface area (Å²) in [5.41, 5.74) is 0.316. The average Bonchev–Trinajstić information content (AvgIpc) is 2.69. The highest BCUT2D eigenvalue weighted by Gasteiger charge is 2.43. The molecular weight excluding hydrogens is 232 g/mol. The molecule has 5 atom stereocenters. The molecule has 112 valence electrons. The molecule has 0 aromatic rings. The summed E-state index contributed by atoms with van der Waals surface area (Å²) in [5.74, 6) is 2.51. The molecule has 2 aliphatic rings. The van der Waals surface area contributed by atoms with E-state index in [1.54, 1.807) is 0 Å². The molecule has 0 radical (unpaired) electrons. The first kappa shape index (κ1) is 15.3. The lowest BCUT2D eigenvalue weighted by atomic mass is 9.86. The average molecular weight is 266 g/mol. The summed E-state index contributed by atoms with van der Waals surface area (Å²) in [7, 11) is 0. The Kier molecular flexibility index (Phi) is 4.62. The first-order valence-corrected chi connectivity index (χ1v) is 8.38. The predicted octanol–water partition coefficient (Wildman–Crippen LogP) is 3.52. The van der Waals surface area contributed by atoms with Gasteiger partial charge in [-0.3, -0.25) is 4.90 Å². The van der Waals surface area contributed by atoms with Crippen LogP contribution in [0.25, 0.3) is 0 Å². The number of nitrogens with one attached hydrogen (secondary N) is 1. The molecule has 1 aliphatic carbocycles. The van der Waals surface area contributed by atoms with Crippen LogP contribution in [0.2, 0.25) is 0 Å². The minimum atomic E-state index is 0.316. The molecule has 1 N–H and O–H groups in total. The monoisotopic (exact) mass is 266 g/mol. The molecule has 0 aromatic heterocycles. The quantitative estimate of drug-likeness (QED) is 0.841. The minimum Gasteiger partial charge on any atom is -0.309 e. The lowest BCUT2D eigenvalue weighted by molar-refractivity contribution is 0.0109. The number of rotatable bonds is 3. The summed E-state index contributed by atoms with van der Waals surface area (Å²) >= 11 is 0. The zero-order chi connectivity index (χ0) is 14.2. The van der Waals surface area contributed by atoms with Crippen molar-refractivity contribution in [2.75, 3.05) is 13.1 Å². The smallest absolute Gasteiger partial charge is 0.0278 e. The van der Waals surface area contributed by atoms with Crippen LogP contribution in [-0.2, 0) is 0 Å². The van der Waals surface area contributed by atoms with E-state index in [1.807, 2.05) is 0 Å². The van der Waals surface area contributed by atoms with Gasteiger partial charge >= 0.3 is 0 Å². The fraction of sp³-hybridized carbons (Fsp3) is 1.00. The van der Waals surface area contributed by atoms with Crippen LogP contribution >= 0.6 is 0 Å². The van der Waals surface area contributed by atoms with E-state index in [9.17, 15) is 0 Å². The van der Waals surface area contributed by atoms with Crippen molar-refractivity contribution in [3.05, 3.63) is 0 Å². The highest BCUT2D eigenvalue weighted by Crippen LogP contribution is 2.38. The zero-order valence-electron chi connectivity index (χ0n) is 13.9. The van der Waals surface area contributed by atoms with Crippen molar-refractivity contribution < 1.29 is 0 Å². The van der Waals surface area contributed by atoms with Crippen LogP contribution in [0.1, 0.15) is 60.8 Å². The Balaban J connectivity index is 2.16. The van der Waals surface area contributed by atoms with Crippen molar-refractivity contribution in [2.24, 2.45) is 17.8 Å². The number of hydrogen-bond donors (Lipinski definition) is 1. The number of nitrogens with zero attached hydrogens (tertiary/aromatic N) is 1. The highest BCUT2D eigenvalue weighted by atomic mass is 15.3. The van der Waals surface area contributed by atoms with E-state index in [0.29, 0.717) is 5.54 Å². The third-order valence-corrected chi connectivity index (χ3v) is 6.09. The van der Waals surface area contributed by atoms with Crippen molar-refractivity contribution >= 4 is 0 Å². The third-order valence-electron chi connectivity index (χ3n) is 6.09. The van der Waals surface area contributed by atoms with E-state index in [-0.39, 0.29) is 0 Å². The predicted molar refractivity (Wildman–Crippen MR) is 83.4 cm³/mol. The number of piperazine rings is 1. The standard InChI is InChI=1S/C17H34N2/c1-7-17(6)11-19(16(10-18-17)12(2)3)15-9-8-13(4)14(15)5/h12-16,18H,7-11H2,1-6H3. The first-order chi connectivity index (χ1) is 8.88. The van der Waals surface area contributed by atoms with Crippen molar-refractivity contribution in [1.29, 1.82) is 0 Å². The maximum Gasteiger partial charge on any atom is 0.0278 e. The van der Waals surface area contributed by atoms with Crippen LogP contribution in [0, 0.1) is 17.8 Å². The van der Waals surface area contributed by atoms with Crippen LogP contribution in [0.15, 0.2) is 0 Å². The van der Waals surface area contributed by atoms with Crippen molar-refractivity contribution in [2.45, 2.75) is 78.4 Å². The normalized spacial score (nSPS) is 45.0. The zero-order valence-corrected chi connectivity index (χ0v) is 13.9. The van der Waals surface area contributed by atoms with Crippen molar-refractivity contribution in [1.82, 2.24) is 10.2 Å². The topological polar surface area (TPSA) is 15.3 Å². The van der Waals surface area contributed by atoms with E-state index >= 15 is 0 Å².